The van der Waals surface area contributed by atoms with E-state index in [1.165, 1.54) is 11.5 Å². The van der Waals surface area contributed by atoms with Crippen LogP contribution in [0.3, 0.4) is 0 Å². The van der Waals surface area contributed by atoms with Crippen LogP contribution in [0.1, 0.15) is 11.5 Å². The van der Waals surface area contributed by atoms with E-state index in [2.05, 4.69) is 19.9 Å². The van der Waals surface area contributed by atoms with Gasteiger partial charge in [-0.05, 0) is 29.5 Å². The van der Waals surface area contributed by atoms with E-state index in [1.54, 1.807) is 24.7 Å². The smallest absolute Gasteiger partial charge is 0.267 e. The van der Waals surface area contributed by atoms with Crippen molar-refractivity contribution < 1.29 is 0 Å². The van der Waals surface area contributed by atoms with E-state index in [9.17, 15) is 4.79 Å². The highest BCUT2D eigenvalue weighted by atomic mass is 127. The van der Waals surface area contributed by atoms with Crippen molar-refractivity contribution in [2.75, 3.05) is 12.4 Å². The second-order valence-electron chi connectivity index (χ2n) is 3.34. The number of nitrogens with one attached hydrogen (secondary N) is 1. The van der Waals surface area contributed by atoms with Gasteiger partial charge in [0.2, 0.25) is 0 Å². The molecule has 0 saturated heterocycles. The van der Waals surface area contributed by atoms with Crippen LogP contribution >= 0.6 is 34.1 Å². The van der Waals surface area contributed by atoms with Crippen molar-refractivity contribution in [2.24, 2.45) is 0 Å². The van der Waals surface area contributed by atoms with Gasteiger partial charge in [-0.1, -0.05) is 4.49 Å². The maximum Gasteiger partial charge on any atom is 0.267 e. The van der Waals surface area contributed by atoms with E-state index in [0.717, 1.165) is 10.7 Å². The van der Waals surface area contributed by atoms with Crippen LogP contribution in [0.4, 0.5) is 5.00 Å². The van der Waals surface area contributed by atoms with E-state index in [4.69, 9.17) is 0 Å². The standard InChI is InChI=1S/C9H10IN5OS/c1-5-12-3-6(10)9(16)15(5)4-7-8(11-2)17-14-13-7/h3,11H,4H2,1-2H3. The molecule has 90 valence electrons. The van der Waals surface area contributed by atoms with Gasteiger partial charge in [-0.3, -0.25) is 9.36 Å². The van der Waals surface area contributed by atoms with Crippen LogP contribution in [0.25, 0.3) is 0 Å². The fourth-order valence-corrected chi connectivity index (χ4v) is 2.34. The van der Waals surface area contributed by atoms with Gasteiger partial charge >= 0.3 is 0 Å². The summed E-state index contributed by atoms with van der Waals surface area (Å²) in [5.41, 5.74) is 0.708. The summed E-state index contributed by atoms with van der Waals surface area (Å²) >= 11 is 3.26. The van der Waals surface area contributed by atoms with E-state index in [0.29, 0.717) is 15.9 Å². The third-order valence-corrected chi connectivity index (χ3v) is 3.82. The van der Waals surface area contributed by atoms with E-state index in [-0.39, 0.29) is 5.56 Å². The van der Waals surface area contributed by atoms with Gasteiger partial charge in [-0.15, -0.1) is 5.10 Å². The molecule has 2 heterocycles. The van der Waals surface area contributed by atoms with Crippen molar-refractivity contribution in [3.05, 3.63) is 31.6 Å². The fraction of sp³-hybridized carbons (Fsp3) is 0.333. The number of aryl methyl sites for hydroxylation is 1. The van der Waals surface area contributed by atoms with Crippen molar-refractivity contribution in [1.29, 1.82) is 0 Å². The molecule has 0 saturated carbocycles. The molecular formula is C9H10IN5OS. The SMILES string of the molecule is CNc1snnc1Cn1c(C)ncc(I)c1=O. The molecule has 0 radical (unpaired) electrons. The molecule has 0 unspecified atom stereocenters. The maximum atomic E-state index is 12.0. The average Bonchev–Trinajstić information content (AvgIpc) is 2.77. The zero-order valence-corrected chi connectivity index (χ0v) is 12.2. The Labute approximate surface area is 115 Å². The van der Waals surface area contributed by atoms with E-state index in [1.807, 2.05) is 22.6 Å². The fourth-order valence-electron chi connectivity index (χ4n) is 1.39. The van der Waals surface area contributed by atoms with Crippen LogP contribution in [0.15, 0.2) is 11.0 Å². The topological polar surface area (TPSA) is 72.7 Å². The zero-order chi connectivity index (χ0) is 12.4. The van der Waals surface area contributed by atoms with Gasteiger partial charge in [0.05, 0.1) is 10.1 Å². The molecule has 0 aromatic carbocycles. The van der Waals surface area contributed by atoms with Crippen LogP contribution in [-0.4, -0.2) is 26.2 Å². The normalized spacial score (nSPS) is 10.5. The molecule has 2 aromatic heterocycles. The predicted octanol–water partition coefficient (Wildman–Crippen LogP) is 1.10. The molecule has 0 spiro atoms. The second-order valence-corrected chi connectivity index (χ2v) is 5.26. The molecular weight excluding hydrogens is 353 g/mol. The molecule has 8 heteroatoms. The molecule has 2 rings (SSSR count). The number of hydrogen-bond acceptors (Lipinski definition) is 6. The van der Waals surface area contributed by atoms with Gasteiger partial charge in [0.15, 0.2) is 0 Å². The van der Waals surface area contributed by atoms with Crippen LogP contribution in [0, 0.1) is 10.5 Å². The summed E-state index contributed by atoms with van der Waals surface area (Å²) in [6.45, 7) is 2.19. The van der Waals surface area contributed by atoms with Gasteiger partial charge in [0.1, 0.15) is 16.5 Å². The van der Waals surface area contributed by atoms with Crippen molar-refractivity contribution >= 4 is 39.1 Å². The lowest BCUT2D eigenvalue weighted by molar-refractivity contribution is 0.680. The van der Waals surface area contributed by atoms with Gasteiger partial charge in [0.25, 0.3) is 5.56 Å². The molecule has 0 aliphatic heterocycles. The van der Waals surface area contributed by atoms with Crippen molar-refractivity contribution in [2.45, 2.75) is 13.5 Å². The monoisotopic (exact) mass is 363 g/mol. The quantitative estimate of drug-likeness (QED) is 0.827. The van der Waals surface area contributed by atoms with Crippen LogP contribution in [-0.2, 0) is 6.54 Å². The third-order valence-electron chi connectivity index (χ3n) is 2.30. The Hall–Kier alpha value is -1.03. The first-order valence-corrected chi connectivity index (χ1v) is 6.69. The van der Waals surface area contributed by atoms with Crippen LogP contribution in [0.2, 0.25) is 0 Å². The zero-order valence-electron chi connectivity index (χ0n) is 9.27. The number of nitrogens with zero attached hydrogens (tertiary/aromatic N) is 4. The Balaban J connectivity index is 2.43. The minimum Gasteiger partial charge on any atom is -0.377 e. The molecule has 0 amide bonds. The number of anilines is 1. The van der Waals surface area contributed by atoms with Crippen molar-refractivity contribution in [3.8, 4) is 0 Å². The first-order valence-electron chi connectivity index (χ1n) is 4.84. The van der Waals surface area contributed by atoms with Gasteiger partial charge in [-0.25, -0.2) is 4.98 Å². The minimum atomic E-state index is -0.0480. The first-order chi connectivity index (χ1) is 8.13. The Bertz CT molecular complexity index is 593. The largest absolute Gasteiger partial charge is 0.377 e. The molecule has 2 aromatic rings. The molecule has 0 bridgehead atoms. The van der Waals surface area contributed by atoms with Gasteiger partial charge in [0, 0.05) is 24.8 Å². The average molecular weight is 363 g/mol. The molecule has 0 fully saturated rings. The molecule has 1 N–H and O–H groups in total. The van der Waals surface area contributed by atoms with Crippen LogP contribution < -0.4 is 10.9 Å². The molecule has 0 aliphatic carbocycles. The van der Waals surface area contributed by atoms with Gasteiger partial charge < -0.3 is 5.32 Å². The summed E-state index contributed by atoms with van der Waals surface area (Å²) in [5, 5.41) is 7.89. The highest BCUT2D eigenvalue weighted by molar-refractivity contribution is 14.1. The molecule has 17 heavy (non-hydrogen) atoms. The van der Waals surface area contributed by atoms with Gasteiger partial charge in [-0.2, -0.15) is 0 Å². The molecule has 6 nitrogen and oxygen atoms in total. The number of aromatic nitrogens is 4. The Morgan fingerprint density at radius 1 is 1.59 bits per heavy atom. The third kappa shape index (κ3) is 2.46. The number of hydrogen-bond donors (Lipinski definition) is 1. The summed E-state index contributed by atoms with van der Waals surface area (Å²) in [5.74, 6) is 0.672. The van der Waals surface area contributed by atoms with Crippen LogP contribution in [0.5, 0.6) is 0 Å². The minimum absolute atomic E-state index is 0.0480. The summed E-state index contributed by atoms with van der Waals surface area (Å²) in [4.78, 5) is 16.1. The molecule has 0 aliphatic rings. The summed E-state index contributed by atoms with van der Waals surface area (Å²) in [7, 11) is 1.81. The number of halogens is 1. The Kier molecular flexibility index (Phi) is 3.72. The maximum absolute atomic E-state index is 12.0. The lowest BCUT2D eigenvalue weighted by Crippen LogP contribution is -2.26. The second kappa shape index (κ2) is 5.08. The van der Waals surface area contributed by atoms with E-state index < -0.39 is 0 Å². The van der Waals surface area contributed by atoms with Crippen molar-refractivity contribution in [3.63, 3.8) is 0 Å². The first kappa shape index (κ1) is 12.4. The predicted molar refractivity (Wildman–Crippen MR) is 74.5 cm³/mol. The summed E-state index contributed by atoms with van der Waals surface area (Å²) in [6, 6.07) is 0. The highest BCUT2D eigenvalue weighted by Crippen LogP contribution is 2.17. The highest BCUT2D eigenvalue weighted by Gasteiger charge is 2.11. The lowest BCUT2D eigenvalue weighted by Gasteiger charge is -2.08. The summed E-state index contributed by atoms with van der Waals surface area (Å²) in [6.07, 6.45) is 1.58. The lowest BCUT2D eigenvalue weighted by atomic mass is 10.4. The van der Waals surface area contributed by atoms with Crippen molar-refractivity contribution in [1.82, 2.24) is 19.1 Å². The Morgan fingerprint density at radius 2 is 2.35 bits per heavy atom. The molecule has 0 atom stereocenters. The number of rotatable bonds is 3. The van der Waals surface area contributed by atoms with E-state index >= 15 is 0 Å². The Morgan fingerprint density at radius 3 is 3.06 bits per heavy atom. The summed E-state index contributed by atoms with van der Waals surface area (Å²) < 4.78 is 6.06.